The Hall–Kier alpha value is -1.97. The van der Waals surface area contributed by atoms with Gasteiger partial charge in [0.05, 0.1) is 15.5 Å². The minimum Gasteiger partial charge on any atom is -0.410 e. The molecule has 0 saturated carbocycles. The van der Waals surface area contributed by atoms with Gasteiger partial charge in [-0.05, 0) is 22.9 Å². The number of carbonyl (C=O) groups excluding carboxylic acids is 2. The molecule has 9 heteroatoms. The lowest BCUT2D eigenvalue weighted by atomic mass is 10.4. The second kappa shape index (κ2) is 6.86. The predicted octanol–water partition coefficient (Wildman–Crippen LogP) is 2.91. The third-order valence-electron chi connectivity index (χ3n) is 2.46. The highest BCUT2D eigenvalue weighted by molar-refractivity contribution is 7.99. The van der Waals surface area contributed by atoms with E-state index in [1.54, 1.807) is 17.5 Å². The van der Waals surface area contributed by atoms with Gasteiger partial charge >= 0.3 is 0 Å². The molecule has 0 atom stereocenters. The molecule has 0 aliphatic carbocycles. The van der Waals surface area contributed by atoms with Crippen LogP contribution in [0.5, 0.6) is 0 Å². The highest BCUT2D eigenvalue weighted by Gasteiger charge is 2.14. The maximum atomic E-state index is 11.7. The molecule has 112 valence electrons. The van der Waals surface area contributed by atoms with Crippen molar-refractivity contribution < 1.29 is 14.0 Å². The minimum absolute atomic E-state index is 0.0309. The number of thioether (sulfide) groups is 1. The third-order valence-corrected chi connectivity index (χ3v) is 5.01. The topological polar surface area (TPSA) is 85.1 Å². The van der Waals surface area contributed by atoms with Crippen LogP contribution in [0, 0.1) is 0 Å². The number of aromatic nitrogens is 2. The van der Waals surface area contributed by atoms with Gasteiger partial charge in [0.2, 0.25) is 5.91 Å². The van der Waals surface area contributed by atoms with Crippen LogP contribution in [0.3, 0.4) is 0 Å². The lowest BCUT2D eigenvalue weighted by Gasteiger charge is -2.00. The lowest BCUT2D eigenvalue weighted by molar-refractivity contribution is -0.117. The van der Waals surface area contributed by atoms with Crippen LogP contribution in [0.15, 0.2) is 44.7 Å². The van der Waals surface area contributed by atoms with E-state index in [-0.39, 0.29) is 5.75 Å². The minimum atomic E-state index is -0.403. The van der Waals surface area contributed by atoms with E-state index < -0.39 is 11.8 Å². The Morgan fingerprint density at radius 2 is 2.00 bits per heavy atom. The molecule has 0 radical (unpaired) electrons. The largest absolute Gasteiger partial charge is 0.410 e. The summed E-state index contributed by atoms with van der Waals surface area (Å²) in [6.45, 7) is 0. The predicted molar refractivity (Wildman–Crippen MR) is 85.1 cm³/mol. The molecular weight excluding hydrogens is 342 g/mol. The summed E-state index contributed by atoms with van der Waals surface area (Å²) >= 11 is 3.86. The van der Waals surface area contributed by atoms with Gasteiger partial charge in [0, 0.05) is 0 Å². The van der Waals surface area contributed by atoms with E-state index in [2.05, 4.69) is 15.5 Å². The standard InChI is InChI=1S/C13H9N3O3S3/c17-10(14-11(18)8-3-1-5-20-8)7-22-13-16-15-12(19-13)9-4-2-6-21-9/h1-6H,7H2,(H,14,17,18). The molecule has 3 heterocycles. The fourth-order valence-electron chi connectivity index (χ4n) is 1.53. The number of imide groups is 1. The second-order valence-electron chi connectivity index (χ2n) is 3.99. The van der Waals surface area contributed by atoms with E-state index in [0.29, 0.717) is 16.0 Å². The quantitative estimate of drug-likeness (QED) is 0.712. The van der Waals surface area contributed by atoms with Crippen molar-refractivity contribution in [3.63, 3.8) is 0 Å². The second-order valence-corrected chi connectivity index (χ2v) is 6.82. The summed E-state index contributed by atoms with van der Waals surface area (Å²) in [4.78, 5) is 24.8. The van der Waals surface area contributed by atoms with Crippen LogP contribution in [0.2, 0.25) is 0 Å². The monoisotopic (exact) mass is 351 g/mol. The molecule has 0 bridgehead atoms. The molecule has 0 fully saturated rings. The van der Waals surface area contributed by atoms with Crippen LogP contribution in [0.4, 0.5) is 0 Å². The molecule has 0 aromatic carbocycles. The fourth-order valence-corrected chi connectivity index (χ4v) is 3.35. The van der Waals surface area contributed by atoms with Crippen molar-refractivity contribution in [2.24, 2.45) is 0 Å². The first kappa shape index (κ1) is 14.9. The SMILES string of the molecule is O=C(CSc1nnc(-c2cccs2)o1)NC(=O)c1cccs1. The maximum absolute atomic E-state index is 11.7. The van der Waals surface area contributed by atoms with Crippen LogP contribution in [0.1, 0.15) is 9.67 Å². The van der Waals surface area contributed by atoms with E-state index in [1.807, 2.05) is 17.5 Å². The Kier molecular flexibility index (Phi) is 4.66. The van der Waals surface area contributed by atoms with Crippen molar-refractivity contribution in [1.82, 2.24) is 15.5 Å². The van der Waals surface area contributed by atoms with Crippen LogP contribution in [-0.2, 0) is 4.79 Å². The number of hydrogen-bond acceptors (Lipinski definition) is 8. The normalized spacial score (nSPS) is 10.5. The summed E-state index contributed by atoms with van der Waals surface area (Å²) in [5, 5.41) is 14.1. The Morgan fingerprint density at radius 3 is 2.73 bits per heavy atom. The van der Waals surface area contributed by atoms with Gasteiger partial charge in [-0.15, -0.1) is 32.9 Å². The summed E-state index contributed by atoms with van der Waals surface area (Å²) < 4.78 is 5.44. The molecule has 0 saturated heterocycles. The van der Waals surface area contributed by atoms with Gasteiger partial charge in [-0.25, -0.2) is 0 Å². The number of carbonyl (C=O) groups is 2. The van der Waals surface area contributed by atoms with Crippen molar-refractivity contribution >= 4 is 46.2 Å². The molecular formula is C13H9N3O3S3. The van der Waals surface area contributed by atoms with E-state index in [1.165, 1.54) is 22.7 Å². The van der Waals surface area contributed by atoms with Gasteiger partial charge in [0.25, 0.3) is 17.0 Å². The van der Waals surface area contributed by atoms with Gasteiger partial charge in [-0.3, -0.25) is 14.9 Å². The zero-order valence-electron chi connectivity index (χ0n) is 11.0. The summed E-state index contributed by atoms with van der Waals surface area (Å²) in [6, 6.07) is 7.18. The molecule has 0 aliphatic heterocycles. The van der Waals surface area contributed by atoms with Crippen LogP contribution >= 0.6 is 34.4 Å². The molecule has 6 nitrogen and oxygen atoms in total. The summed E-state index contributed by atoms with van der Waals surface area (Å²) in [7, 11) is 0. The molecule has 1 N–H and O–H groups in total. The molecule has 0 unspecified atom stereocenters. The van der Waals surface area contributed by atoms with Gasteiger partial charge < -0.3 is 4.42 Å². The first-order valence-electron chi connectivity index (χ1n) is 6.10. The third kappa shape index (κ3) is 3.62. The number of rotatable bonds is 5. The van der Waals surface area contributed by atoms with Crippen LogP contribution in [0.25, 0.3) is 10.8 Å². The molecule has 3 rings (SSSR count). The van der Waals surface area contributed by atoms with Gasteiger partial charge in [-0.2, -0.15) is 0 Å². The van der Waals surface area contributed by atoms with Crippen molar-refractivity contribution in [2.45, 2.75) is 5.22 Å². The first-order valence-corrected chi connectivity index (χ1v) is 8.85. The van der Waals surface area contributed by atoms with E-state index >= 15 is 0 Å². The number of hydrogen-bond donors (Lipinski definition) is 1. The van der Waals surface area contributed by atoms with E-state index in [0.717, 1.165) is 16.6 Å². The fraction of sp³-hybridized carbons (Fsp3) is 0.0769. The van der Waals surface area contributed by atoms with E-state index in [9.17, 15) is 9.59 Å². The smallest absolute Gasteiger partial charge is 0.277 e. The molecule has 0 spiro atoms. The number of thiophene rings is 2. The van der Waals surface area contributed by atoms with Crippen molar-refractivity contribution in [3.05, 3.63) is 39.9 Å². The lowest BCUT2D eigenvalue weighted by Crippen LogP contribution is -2.31. The zero-order valence-corrected chi connectivity index (χ0v) is 13.5. The highest BCUT2D eigenvalue weighted by atomic mass is 32.2. The first-order chi connectivity index (χ1) is 10.7. The Labute approximate surface area is 137 Å². The highest BCUT2D eigenvalue weighted by Crippen LogP contribution is 2.26. The van der Waals surface area contributed by atoms with Gasteiger partial charge in [0.1, 0.15) is 0 Å². The number of amides is 2. The number of nitrogens with zero attached hydrogens (tertiary/aromatic N) is 2. The van der Waals surface area contributed by atoms with Gasteiger partial charge in [-0.1, -0.05) is 23.9 Å². The Morgan fingerprint density at radius 1 is 1.18 bits per heavy atom. The summed E-state index contributed by atoms with van der Waals surface area (Å²) in [6.07, 6.45) is 0. The molecule has 22 heavy (non-hydrogen) atoms. The average Bonchev–Trinajstić information content (AvgIpc) is 3.25. The summed E-state index contributed by atoms with van der Waals surface area (Å²) in [5.74, 6) is -0.347. The molecule has 3 aromatic heterocycles. The van der Waals surface area contributed by atoms with E-state index in [4.69, 9.17) is 4.42 Å². The van der Waals surface area contributed by atoms with Crippen LogP contribution < -0.4 is 5.32 Å². The molecule has 3 aromatic rings. The summed E-state index contributed by atoms with van der Waals surface area (Å²) in [5.41, 5.74) is 0. The molecule has 2 amide bonds. The van der Waals surface area contributed by atoms with Gasteiger partial charge in [0.15, 0.2) is 0 Å². The van der Waals surface area contributed by atoms with Crippen LogP contribution in [-0.4, -0.2) is 27.8 Å². The van der Waals surface area contributed by atoms with Crippen molar-refractivity contribution in [2.75, 3.05) is 5.75 Å². The zero-order chi connectivity index (χ0) is 15.4. The Bertz CT molecular complexity index is 766. The van der Waals surface area contributed by atoms with Crippen molar-refractivity contribution in [3.8, 4) is 10.8 Å². The molecule has 0 aliphatic rings. The van der Waals surface area contributed by atoms with Crippen molar-refractivity contribution in [1.29, 1.82) is 0 Å². The average molecular weight is 351 g/mol. The number of nitrogens with one attached hydrogen (secondary N) is 1. The Balaban J connectivity index is 1.52. The maximum Gasteiger partial charge on any atom is 0.277 e.